The van der Waals surface area contributed by atoms with Crippen LogP contribution in [0.2, 0.25) is 5.02 Å². The van der Waals surface area contributed by atoms with Crippen LogP contribution in [0.4, 0.5) is 0 Å². The standard InChI is InChI=1S/C27H25ClN2O2/c1-17-20(22-8-4-5-9-24(22)29-17)11-13-26(32)30-15-14-18-6-2-3-7-21(18)27(30)23-16-19(28)10-12-25(23)31/h2-10,12,16,27,29,31H,11,13-15H2,1H3. The van der Waals surface area contributed by atoms with Gasteiger partial charge >= 0.3 is 0 Å². The molecule has 1 atom stereocenters. The van der Waals surface area contributed by atoms with Crippen molar-refractivity contribution in [2.45, 2.75) is 32.2 Å². The Balaban J connectivity index is 1.47. The third-order valence-corrected chi connectivity index (χ3v) is 6.74. The van der Waals surface area contributed by atoms with Crippen LogP contribution in [0.25, 0.3) is 10.9 Å². The van der Waals surface area contributed by atoms with E-state index in [4.69, 9.17) is 11.6 Å². The van der Waals surface area contributed by atoms with Crippen molar-refractivity contribution in [3.63, 3.8) is 0 Å². The molecule has 1 amide bonds. The van der Waals surface area contributed by atoms with Gasteiger partial charge in [-0.25, -0.2) is 0 Å². The summed E-state index contributed by atoms with van der Waals surface area (Å²) in [5.74, 6) is 0.231. The van der Waals surface area contributed by atoms with Crippen LogP contribution in [0.15, 0.2) is 66.7 Å². The van der Waals surface area contributed by atoms with Gasteiger partial charge < -0.3 is 15.0 Å². The number of para-hydroxylation sites is 1. The van der Waals surface area contributed by atoms with Crippen molar-refractivity contribution in [2.75, 3.05) is 6.54 Å². The molecule has 2 N–H and O–H groups in total. The number of aromatic nitrogens is 1. The van der Waals surface area contributed by atoms with Gasteiger partial charge in [0.2, 0.25) is 5.91 Å². The average molecular weight is 445 g/mol. The fourth-order valence-electron chi connectivity index (χ4n) is 4.95. The summed E-state index contributed by atoms with van der Waals surface area (Å²) in [5, 5.41) is 12.4. The number of carbonyl (C=O) groups is 1. The molecule has 1 unspecified atom stereocenters. The summed E-state index contributed by atoms with van der Waals surface area (Å²) in [6.07, 6.45) is 1.87. The topological polar surface area (TPSA) is 56.3 Å². The number of amides is 1. The van der Waals surface area contributed by atoms with E-state index in [0.717, 1.165) is 23.2 Å². The van der Waals surface area contributed by atoms with Gasteiger partial charge in [0, 0.05) is 40.1 Å². The van der Waals surface area contributed by atoms with Crippen molar-refractivity contribution in [3.05, 3.63) is 99.7 Å². The molecule has 0 aliphatic carbocycles. The molecule has 5 heteroatoms. The van der Waals surface area contributed by atoms with Gasteiger partial charge in [0.15, 0.2) is 0 Å². The number of hydrogen-bond donors (Lipinski definition) is 2. The van der Waals surface area contributed by atoms with Gasteiger partial charge in [-0.1, -0.05) is 54.1 Å². The van der Waals surface area contributed by atoms with Crippen LogP contribution in [-0.4, -0.2) is 27.4 Å². The predicted molar refractivity (Wildman–Crippen MR) is 128 cm³/mol. The van der Waals surface area contributed by atoms with E-state index in [9.17, 15) is 9.90 Å². The minimum Gasteiger partial charge on any atom is -0.508 e. The normalized spacial score (nSPS) is 15.7. The predicted octanol–water partition coefficient (Wildman–Crippen LogP) is 5.94. The Labute approximate surface area is 192 Å². The summed E-state index contributed by atoms with van der Waals surface area (Å²) in [6, 6.07) is 21.0. The fraction of sp³-hybridized carbons (Fsp3) is 0.222. The van der Waals surface area contributed by atoms with Crippen LogP contribution in [0.3, 0.4) is 0 Å². The van der Waals surface area contributed by atoms with E-state index in [1.54, 1.807) is 18.2 Å². The molecular weight excluding hydrogens is 420 g/mol. The number of rotatable bonds is 4. The van der Waals surface area contributed by atoms with E-state index in [1.807, 2.05) is 35.2 Å². The van der Waals surface area contributed by atoms with Gasteiger partial charge in [-0.15, -0.1) is 0 Å². The second kappa shape index (κ2) is 8.36. The molecule has 4 nitrogen and oxygen atoms in total. The summed E-state index contributed by atoms with van der Waals surface area (Å²) in [7, 11) is 0. The molecule has 1 aromatic heterocycles. The Hall–Kier alpha value is -3.24. The number of phenols is 1. The van der Waals surface area contributed by atoms with Crippen molar-refractivity contribution < 1.29 is 9.90 Å². The zero-order valence-electron chi connectivity index (χ0n) is 17.9. The van der Waals surface area contributed by atoms with E-state index in [2.05, 4.69) is 30.1 Å². The smallest absolute Gasteiger partial charge is 0.223 e. The Kier molecular flexibility index (Phi) is 5.40. The number of phenolic OH excluding ortho intramolecular Hbond substituents is 1. The molecule has 0 spiro atoms. The highest BCUT2D eigenvalue weighted by molar-refractivity contribution is 6.30. The largest absolute Gasteiger partial charge is 0.508 e. The highest BCUT2D eigenvalue weighted by Crippen LogP contribution is 2.40. The first kappa shape index (κ1) is 20.7. The van der Waals surface area contributed by atoms with Crippen LogP contribution in [-0.2, 0) is 17.6 Å². The zero-order valence-corrected chi connectivity index (χ0v) is 18.7. The minimum absolute atomic E-state index is 0.0774. The van der Waals surface area contributed by atoms with Gasteiger partial charge in [-0.2, -0.15) is 0 Å². The minimum atomic E-state index is -0.352. The highest BCUT2D eigenvalue weighted by atomic mass is 35.5. The summed E-state index contributed by atoms with van der Waals surface area (Å²) in [5.41, 5.74) is 6.31. The Bertz CT molecular complexity index is 1310. The van der Waals surface area contributed by atoms with Gasteiger partial charge in [-0.05, 0) is 60.7 Å². The van der Waals surface area contributed by atoms with Crippen molar-refractivity contribution in [1.29, 1.82) is 0 Å². The van der Waals surface area contributed by atoms with Crippen LogP contribution in [0.5, 0.6) is 5.75 Å². The van der Waals surface area contributed by atoms with Gasteiger partial charge in [-0.3, -0.25) is 4.79 Å². The lowest BCUT2D eigenvalue weighted by Gasteiger charge is -2.38. The Morgan fingerprint density at radius 3 is 2.75 bits per heavy atom. The van der Waals surface area contributed by atoms with Gasteiger partial charge in [0.25, 0.3) is 0 Å². The van der Waals surface area contributed by atoms with E-state index in [0.29, 0.717) is 30.0 Å². The molecular formula is C27H25ClN2O2. The fourth-order valence-corrected chi connectivity index (χ4v) is 5.13. The van der Waals surface area contributed by atoms with Gasteiger partial charge in [0.05, 0.1) is 6.04 Å². The van der Waals surface area contributed by atoms with Crippen molar-refractivity contribution in [1.82, 2.24) is 9.88 Å². The molecule has 1 aliphatic heterocycles. The second-order valence-corrected chi connectivity index (χ2v) is 8.85. The van der Waals surface area contributed by atoms with E-state index in [1.165, 1.54) is 16.5 Å². The van der Waals surface area contributed by atoms with E-state index in [-0.39, 0.29) is 17.7 Å². The second-order valence-electron chi connectivity index (χ2n) is 8.42. The number of nitrogens with zero attached hydrogens (tertiary/aromatic N) is 1. The molecule has 0 saturated heterocycles. The molecule has 5 rings (SSSR count). The highest BCUT2D eigenvalue weighted by Gasteiger charge is 2.33. The van der Waals surface area contributed by atoms with E-state index >= 15 is 0 Å². The first-order chi connectivity index (χ1) is 15.5. The SMILES string of the molecule is Cc1[nH]c2ccccc2c1CCC(=O)N1CCc2ccccc2C1c1cc(Cl)ccc1O. The lowest BCUT2D eigenvalue weighted by Crippen LogP contribution is -2.40. The number of H-pyrrole nitrogens is 1. The van der Waals surface area contributed by atoms with Crippen LogP contribution in [0, 0.1) is 6.92 Å². The number of fused-ring (bicyclic) bond motifs is 2. The number of carbonyl (C=O) groups excluding carboxylic acids is 1. The monoisotopic (exact) mass is 444 g/mol. The molecule has 0 bridgehead atoms. The number of aromatic amines is 1. The zero-order chi connectivity index (χ0) is 22.2. The quantitative estimate of drug-likeness (QED) is 0.409. The molecule has 2 heterocycles. The molecule has 0 saturated carbocycles. The Morgan fingerprint density at radius 2 is 1.88 bits per heavy atom. The first-order valence-corrected chi connectivity index (χ1v) is 11.3. The molecule has 162 valence electrons. The number of aromatic hydroxyl groups is 1. The summed E-state index contributed by atoms with van der Waals surface area (Å²) >= 11 is 6.27. The van der Waals surface area contributed by atoms with Crippen LogP contribution >= 0.6 is 11.6 Å². The molecule has 4 aromatic rings. The number of hydrogen-bond acceptors (Lipinski definition) is 2. The molecule has 0 radical (unpaired) electrons. The molecule has 0 fully saturated rings. The third-order valence-electron chi connectivity index (χ3n) is 6.50. The maximum atomic E-state index is 13.5. The average Bonchev–Trinajstić information content (AvgIpc) is 3.13. The Morgan fingerprint density at radius 1 is 1.09 bits per heavy atom. The van der Waals surface area contributed by atoms with Crippen LogP contribution in [0.1, 0.15) is 40.4 Å². The van der Waals surface area contributed by atoms with Crippen molar-refractivity contribution in [2.24, 2.45) is 0 Å². The number of aryl methyl sites for hydroxylation is 2. The summed E-state index contributed by atoms with van der Waals surface area (Å²) < 4.78 is 0. The maximum absolute atomic E-state index is 13.5. The van der Waals surface area contributed by atoms with Crippen molar-refractivity contribution in [3.8, 4) is 5.75 Å². The molecule has 1 aliphatic rings. The first-order valence-electron chi connectivity index (χ1n) is 10.9. The number of benzene rings is 3. The molecule has 3 aromatic carbocycles. The van der Waals surface area contributed by atoms with E-state index < -0.39 is 0 Å². The summed E-state index contributed by atoms with van der Waals surface area (Å²) in [4.78, 5) is 18.9. The molecule has 32 heavy (non-hydrogen) atoms. The number of halogens is 1. The third kappa shape index (κ3) is 3.65. The van der Waals surface area contributed by atoms with Gasteiger partial charge in [0.1, 0.15) is 5.75 Å². The lowest BCUT2D eigenvalue weighted by atomic mass is 9.87. The van der Waals surface area contributed by atoms with Crippen LogP contribution < -0.4 is 0 Å². The van der Waals surface area contributed by atoms with Crippen molar-refractivity contribution >= 4 is 28.4 Å². The lowest BCUT2D eigenvalue weighted by molar-refractivity contribution is -0.133. The number of nitrogens with one attached hydrogen (secondary N) is 1. The maximum Gasteiger partial charge on any atom is 0.223 e. The summed E-state index contributed by atoms with van der Waals surface area (Å²) in [6.45, 7) is 2.67.